The smallest absolute Gasteiger partial charge is 0.237 e. The van der Waals surface area contributed by atoms with Gasteiger partial charge in [0.25, 0.3) is 0 Å². The van der Waals surface area contributed by atoms with E-state index in [9.17, 15) is 4.79 Å². The third-order valence-electron chi connectivity index (χ3n) is 3.47. The molecule has 0 spiro atoms. The van der Waals surface area contributed by atoms with E-state index >= 15 is 0 Å². The third kappa shape index (κ3) is 3.87. The van der Waals surface area contributed by atoms with Gasteiger partial charge in [0.1, 0.15) is 0 Å². The maximum absolute atomic E-state index is 12.5. The van der Waals surface area contributed by atoms with Gasteiger partial charge in [0.05, 0.1) is 5.25 Å². The molecule has 1 heterocycles. The number of hydrogen-bond donors (Lipinski definition) is 1. The van der Waals surface area contributed by atoms with Crippen LogP contribution in [0.5, 0.6) is 0 Å². The normalized spacial score (nSPS) is 12.0. The molecule has 2 aromatic carbocycles. The SMILES string of the molecule is CCC(Sc1ncccn1)C(=O)Nc1ccc2ccccc2c1. The molecule has 4 nitrogen and oxygen atoms in total. The summed E-state index contributed by atoms with van der Waals surface area (Å²) >= 11 is 1.39. The van der Waals surface area contributed by atoms with Gasteiger partial charge in [-0.05, 0) is 35.4 Å². The Morgan fingerprint density at radius 2 is 1.83 bits per heavy atom. The van der Waals surface area contributed by atoms with Gasteiger partial charge in [0.15, 0.2) is 5.16 Å². The quantitative estimate of drug-likeness (QED) is 0.566. The molecule has 1 aromatic heterocycles. The number of nitrogens with zero attached hydrogens (tertiary/aromatic N) is 2. The van der Waals surface area contributed by atoms with Crippen molar-refractivity contribution in [3.05, 3.63) is 60.9 Å². The molecule has 5 heteroatoms. The molecular formula is C18H17N3OS. The van der Waals surface area contributed by atoms with Gasteiger partial charge in [0, 0.05) is 18.1 Å². The fourth-order valence-corrected chi connectivity index (χ4v) is 3.12. The summed E-state index contributed by atoms with van der Waals surface area (Å²) in [6, 6.07) is 15.8. The van der Waals surface area contributed by atoms with Crippen LogP contribution in [0.4, 0.5) is 5.69 Å². The Hall–Kier alpha value is -2.40. The molecule has 3 aromatic rings. The number of carbonyl (C=O) groups is 1. The summed E-state index contributed by atoms with van der Waals surface area (Å²) in [5.74, 6) is -0.0276. The fourth-order valence-electron chi connectivity index (χ4n) is 2.29. The van der Waals surface area contributed by atoms with Crippen LogP contribution >= 0.6 is 11.8 Å². The van der Waals surface area contributed by atoms with Gasteiger partial charge in [-0.15, -0.1) is 0 Å². The van der Waals surface area contributed by atoms with Crippen molar-refractivity contribution < 1.29 is 4.79 Å². The number of hydrogen-bond acceptors (Lipinski definition) is 4. The van der Waals surface area contributed by atoms with Crippen LogP contribution < -0.4 is 5.32 Å². The predicted octanol–water partition coefficient (Wildman–Crippen LogP) is 4.14. The summed E-state index contributed by atoms with van der Waals surface area (Å²) in [6.45, 7) is 1.99. The molecule has 3 rings (SSSR count). The first-order valence-corrected chi connectivity index (χ1v) is 8.37. The van der Waals surface area contributed by atoms with E-state index in [1.807, 2.05) is 43.3 Å². The predicted molar refractivity (Wildman–Crippen MR) is 94.5 cm³/mol. The molecule has 1 amide bonds. The fraction of sp³-hybridized carbons (Fsp3) is 0.167. The zero-order valence-electron chi connectivity index (χ0n) is 12.8. The molecule has 0 saturated heterocycles. The van der Waals surface area contributed by atoms with Crippen molar-refractivity contribution in [2.75, 3.05) is 5.32 Å². The van der Waals surface area contributed by atoms with Crippen LogP contribution in [-0.2, 0) is 4.79 Å². The molecule has 0 radical (unpaired) electrons. The monoisotopic (exact) mass is 323 g/mol. The molecule has 0 saturated carbocycles. The van der Waals surface area contributed by atoms with Crippen LogP contribution in [0.15, 0.2) is 66.1 Å². The van der Waals surface area contributed by atoms with Gasteiger partial charge in [-0.2, -0.15) is 0 Å². The number of fused-ring (bicyclic) bond motifs is 1. The minimum Gasteiger partial charge on any atom is -0.325 e. The standard InChI is InChI=1S/C18H17N3OS/c1-2-16(23-18-19-10-5-11-20-18)17(22)21-15-9-8-13-6-3-4-7-14(13)12-15/h3-12,16H,2H2,1H3,(H,21,22). The number of nitrogens with one attached hydrogen (secondary N) is 1. The second kappa shape index (κ2) is 7.24. The second-order valence-electron chi connectivity index (χ2n) is 5.10. The Kier molecular flexibility index (Phi) is 4.88. The topological polar surface area (TPSA) is 54.9 Å². The molecule has 0 fully saturated rings. The lowest BCUT2D eigenvalue weighted by atomic mass is 10.1. The number of rotatable bonds is 5. The van der Waals surface area contributed by atoms with Crippen LogP contribution in [0.25, 0.3) is 10.8 Å². The molecular weight excluding hydrogens is 306 g/mol. The maximum Gasteiger partial charge on any atom is 0.237 e. The minimum absolute atomic E-state index is 0.0276. The molecule has 23 heavy (non-hydrogen) atoms. The molecule has 0 bridgehead atoms. The summed E-state index contributed by atoms with van der Waals surface area (Å²) in [6.07, 6.45) is 4.08. The van der Waals surface area contributed by atoms with Crippen LogP contribution in [0, 0.1) is 0 Å². The molecule has 1 unspecified atom stereocenters. The van der Waals surface area contributed by atoms with Crippen molar-refractivity contribution in [1.29, 1.82) is 0 Å². The van der Waals surface area contributed by atoms with E-state index in [0.29, 0.717) is 11.6 Å². The number of thioether (sulfide) groups is 1. The van der Waals surface area contributed by atoms with Gasteiger partial charge in [-0.25, -0.2) is 9.97 Å². The Labute approximate surface area is 139 Å². The number of aromatic nitrogens is 2. The number of benzene rings is 2. The van der Waals surface area contributed by atoms with Crippen LogP contribution in [-0.4, -0.2) is 21.1 Å². The zero-order chi connectivity index (χ0) is 16.1. The summed E-state index contributed by atoms with van der Waals surface area (Å²) in [5.41, 5.74) is 0.807. The van der Waals surface area contributed by atoms with E-state index in [-0.39, 0.29) is 11.2 Å². The molecule has 0 aliphatic carbocycles. The highest BCUT2D eigenvalue weighted by atomic mass is 32.2. The molecule has 0 aliphatic rings. The van der Waals surface area contributed by atoms with Crippen molar-refractivity contribution in [2.24, 2.45) is 0 Å². The first-order chi connectivity index (χ1) is 11.3. The number of amides is 1. The van der Waals surface area contributed by atoms with Gasteiger partial charge >= 0.3 is 0 Å². The van der Waals surface area contributed by atoms with E-state index in [0.717, 1.165) is 16.5 Å². The molecule has 1 atom stereocenters. The lowest BCUT2D eigenvalue weighted by Gasteiger charge is -2.14. The lowest BCUT2D eigenvalue weighted by molar-refractivity contribution is -0.115. The van der Waals surface area contributed by atoms with Crippen molar-refractivity contribution in [2.45, 2.75) is 23.8 Å². The van der Waals surface area contributed by atoms with E-state index in [1.54, 1.807) is 18.5 Å². The van der Waals surface area contributed by atoms with Crippen molar-refractivity contribution in [1.82, 2.24) is 9.97 Å². The lowest BCUT2D eigenvalue weighted by Crippen LogP contribution is -2.24. The van der Waals surface area contributed by atoms with Gasteiger partial charge < -0.3 is 5.32 Å². The van der Waals surface area contributed by atoms with Crippen molar-refractivity contribution in [3.8, 4) is 0 Å². The Morgan fingerprint density at radius 1 is 1.09 bits per heavy atom. The Morgan fingerprint density at radius 3 is 2.57 bits per heavy atom. The summed E-state index contributed by atoms with van der Waals surface area (Å²) in [5, 5.41) is 5.66. The first-order valence-electron chi connectivity index (χ1n) is 7.49. The zero-order valence-corrected chi connectivity index (χ0v) is 13.6. The minimum atomic E-state index is -0.219. The van der Waals surface area contributed by atoms with Gasteiger partial charge in [0.2, 0.25) is 5.91 Å². The average molecular weight is 323 g/mol. The molecule has 116 valence electrons. The highest BCUT2D eigenvalue weighted by Gasteiger charge is 2.19. The van der Waals surface area contributed by atoms with E-state index < -0.39 is 0 Å². The highest BCUT2D eigenvalue weighted by Crippen LogP contribution is 2.24. The average Bonchev–Trinajstić information content (AvgIpc) is 2.60. The summed E-state index contributed by atoms with van der Waals surface area (Å²) < 4.78 is 0. The Bertz CT molecular complexity index is 807. The van der Waals surface area contributed by atoms with Crippen molar-refractivity contribution in [3.63, 3.8) is 0 Å². The summed E-state index contributed by atoms with van der Waals surface area (Å²) in [4.78, 5) is 20.8. The van der Waals surface area contributed by atoms with Gasteiger partial charge in [-0.3, -0.25) is 4.79 Å². The Balaban J connectivity index is 1.73. The third-order valence-corrected chi connectivity index (χ3v) is 4.72. The van der Waals surface area contributed by atoms with Crippen LogP contribution in [0.2, 0.25) is 0 Å². The van der Waals surface area contributed by atoms with Crippen molar-refractivity contribution >= 4 is 34.1 Å². The van der Waals surface area contributed by atoms with E-state index in [4.69, 9.17) is 0 Å². The largest absolute Gasteiger partial charge is 0.325 e. The number of anilines is 1. The second-order valence-corrected chi connectivity index (χ2v) is 6.27. The maximum atomic E-state index is 12.5. The van der Waals surface area contributed by atoms with E-state index in [1.165, 1.54) is 11.8 Å². The van der Waals surface area contributed by atoms with Crippen LogP contribution in [0.3, 0.4) is 0 Å². The van der Waals surface area contributed by atoms with E-state index in [2.05, 4.69) is 21.4 Å². The van der Waals surface area contributed by atoms with Gasteiger partial charge in [-0.1, -0.05) is 49.0 Å². The first kappa shape index (κ1) is 15.5. The number of carbonyl (C=O) groups excluding carboxylic acids is 1. The molecule has 1 N–H and O–H groups in total. The molecule has 0 aliphatic heterocycles. The van der Waals surface area contributed by atoms with Crippen LogP contribution in [0.1, 0.15) is 13.3 Å². The highest BCUT2D eigenvalue weighted by molar-refractivity contribution is 8.00. The summed E-state index contributed by atoms with van der Waals surface area (Å²) in [7, 11) is 0.